The molecule has 3 N–H and O–H groups in total. The molecule has 0 aliphatic carbocycles. The zero-order valence-electron chi connectivity index (χ0n) is 34.5. The molecular weight excluding hydrogens is 793 g/mol. The maximum Gasteiger partial charge on any atom is 0.410 e. The molecule has 16 nitrogen and oxygen atoms in total. The average molecular weight is 839 g/mol. The summed E-state index contributed by atoms with van der Waals surface area (Å²) < 4.78 is 17.0. The van der Waals surface area contributed by atoms with Crippen LogP contribution >= 0.6 is 0 Å². The van der Waals surface area contributed by atoms with Gasteiger partial charge in [-0.25, -0.2) is 29.1 Å². The first kappa shape index (κ1) is 41.2. The fourth-order valence-corrected chi connectivity index (χ4v) is 7.42. The molecule has 2 saturated heterocycles. The van der Waals surface area contributed by atoms with Gasteiger partial charge in [-0.15, -0.1) is 0 Å². The molecule has 0 spiro atoms. The lowest BCUT2D eigenvalue weighted by Crippen LogP contribution is -2.53. The number of piperazine rings is 2. The van der Waals surface area contributed by atoms with E-state index in [0.29, 0.717) is 44.8 Å². The van der Waals surface area contributed by atoms with Gasteiger partial charge >= 0.3 is 24.4 Å². The first-order valence-corrected chi connectivity index (χ1v) is 20.3. The van der Waals surface area contributed by atoms with Crippen molar-refractivity contribution in [3.8, 4) is 11.8 Å². The smallest absolute Gasteiger partial charge is 0.410 e. The third-order valence-corrected chi connectivity index (χ3v) is 10.5. The van der Waals surface area contributed by atoms with Crippen LogP contribution in [0.4, 0.5) is 19.2 Å². The molecule has 4 amide bonds. The number of carbonyl (C=O) groups is 4. The molecule has 318 valence electrons. The standard InChI is InChI=1S/C46H46N8O8/c1-46(2,3)62-43(57)52-21-23-54(45(59)61-29-33-12-8-5-9-13-33)39(27-52)41-48-35-19-17-31(25-37(35)50-41)15-14-30-16-18-34-36(24-30)49-40(47-34)38-26-51(42(55)56)20-22-53(38)44(58)60-28-32-10-6-4-7-11-32/h4-13,16-19,24-25,38-39H,20-23,26-29H2,1-3H3,(H,47,49)(H,48,50)(H,55,56)/t38-,39-/m0/s1. The van der Waals surface area contributed by atoms with Crippen molar-refractivity contribution in [2.45, 2.75) is 51.7 Å². The number of nitrogens with one attached hydrogen (secondary N) is 2. The molecule has 2 fully saturated rings. The number of hydrogen-bond donors (Lipinski definition) is 3. The van der Waals surface area contributed by atoms with Crippen molar-refractivity contribution in [3.63, 3.8) is 0 Å². The molecule has 0 radical (unpaired) electrons. The molecule has 4 aromatic carbocycles. The van der Waals surface area contributed by atoms with Gasteiger partial charge in [0, 0.05) is 37.3 Å². The van der Waals surface area contributed by atoms with E-state index in [2.05, 4.69) is 21.8 Å². The van der Waals surface area contributed by atoms with Crippen molar-refractivity contribution < 1.29 is 38.5 Å². The van der Waals surface area contributed by atoms with Crippen LogP contribution in [0.15, 0.2) is 97.1 Å². The molecule has 4 heterocycles. The van der Waals surface area contributed by atoms with Crippen molar-refractivity contribution in [3.05, 3.63) is 131 Å². The first-order valence-electron chi connectivity index (χ1n) is 20.3. The number of aromatic amines is 2. The zero-order valence-corrected chi connectivity index (χ0v) is 34.5. The molecule has 16 heteroatoms. The summed E-state index contributed by atoms with van der Waals surface area (Å²) in [5, 5.41) is 9.77. The highest BCUT2D eigenvalue weighted by Gasteiger charge is 2.39. The molecule has 2 aromatic heterocycles. The number of carboxylic acid groups (broad SMARTS) is 1. The van der Waals surface area contributed by atoms with Gasteiger partial charge in [0.2, 0.25) is 0 Å². The molecule has 6 aromatic rings. The van der Waals surface area contributed by atoms with Crippen molar-refractivity contribution in [1.82, 2.24) is 39.5 Å². The highest BCUT2D eigenvalue weighted by atomic mass is 16.6. The number of ether oxygens (including phenoxy) is 3. The summed E-state index contributed by atoms with van der Waals surface area (Å²) in [5.41, 5.74) is 5.07. The summed E-state index contributed by atoms with van der Waals surface area (Å²) in [6, 6.07) is 28.5. The van der Waals surface area contributed by atoms with E-state index < -0.39 is 42.1 Å². The molecular formula is C46H46N8O8. The first-order chi connectivity index (χ1) is 29.9. The summed E-state index contributed by atoms with van der Waals surface area (Å²) in [7, 11) is 0. The molecule has 0 saturated carbocycles. The van der Waals surface area contributed by atoms with E-state index in [1.54, 1.807) is 9.80 Å². The summed E-state index contributed by atoms with van der Waals surface area (Å²) in [4.78, 5) is 74.1. The van der Waals surface area contributed by atoms with Gasteiger partial charge in [-0.05, 0) is 68.3 Å². The van der Waals surface area contributed by atoms with E-state index in [9.17, 15) is 24.3 Å². The van der Waals surface area contributed by atoms with Gasteiger partial charge in [0.05, 0.1) is 35.2 Å². The Kier molecular flexibility index (Phi) is 11.7. The average Bonchev–Trinajstić information content (AvgIpc) is 3.90. The maximum atomic E-state index is 13.5. The third kappa shape index (κ3) is 9.57. The van der Waals surface area contributed by atoms with Crippen LogP contribution in [0.25, 0.3) is 22.1 Å². The fraction of sp³-hybridized carbons (Fsp3) is 0.304. The van der Waals surface area contributed by atoms with E-state index >= 15 is 0 Å². The Bertz CT molecular complexity index is 2660. The Morgan fingerprint density at radius 2 is 1.10 bits per heavy atom. The minimum atomic E-state index is -1.08. The van der Waals surface area contributed by atoms with Gasteiger partial charge in [-0.3, -0.25) is 9.80 Å². The SMILES string of the molecule is CC(C)(C)OC(=O)N1CCN(C(=O)OCc2ccccc2)[C@H](c2nc3ccc(C#Cc4ccc5nc([C@@H]6CN(C(=O)O)CCN6C(=O)OCc6ccccc6)[nH]c5c4)cc3[nH]2)C1. The number of imidazole rings is 2. The molecule has 62 heavy (non-hydrogen) atoms. The van der Waals surface area contributed by atoms with Crippen LogP contribution in [0.5, 0.6) is 0 Å². The minimum absolute atomic E-state index is 0.0270. The van der Waals surface area contributed by atoms with Gasteiger partial charge in [0.15, 0.2) is 0 Å². The van der Waals surface area contributed by atoms with E-state index in [1.807, 2.05) is 118 Å². The predicted octanol–water partition coefficient (Wildman–Crippen LogP) is 7.44. The number of carbonyl (C=O) groups excluding carboxylic acids is 3. The fourth-order valence-electron chi connectivity index (χ4n) is 7.42. The third-order valence-electron chi connectivity index (χ3n) is 10.5. The normalized spacial score (nSPS) is 16.8. The molecule has 0 unspecified atom stereocenters. The van der Waals surface area contributed by atoms with Crippen molar-refractivity contribution >= 4 is 46.4 Å². The van der Waals surface area contributed by atoms with Crippen LogP contribution in [-0.4, -0.2) is 114 Å². The largest absolute Gasteiger partial charge is 0.465 e. The summed E-state index contributed by atoms with van der Waals surface area (Å²) in [6.07, 6.45) is -2.63. The van der Waals surface area contributed by atoms with Crippen LogP contribution in [0.1, 0.15) is 66.8 Å². The van der Waals surface area contributed by atoms with E-state index in [-0.39, 0.29) is 52.5 Å². The lowest BCUT2D eigenvalue weighted by atomic mass is 10.1. The number of H-pyrrole nitrogens is 2. The van der Waals surface area contributed by atoms with Crippen molar-refractivity contribution in [2.24, 2.45) is 0 Å². The second-order valence-electron chi connectivity index (χ2n) is 16.1. The summed E-state index contributed by atoms with van der Waals surface area (Å²) in [6.45, 7) is 6.56. The summed E-state index contributed by atoms with van der Waals surface area (Å²) in [5.74, 6) is 7.36. The maximum absolute atomic E-state index is 13.5. The highest BCUT2D eigenvalue weighted by molar-refractivity contribution is 5.79. The van der Waals surface area contributed by atoms with Gasteiger partial charge in [-0.2, -0.15) is 0 Å². The van der Waals surface area contributed by atoms with Crippen LogP contribution < -0.4 is 0 Å². The number of nitrogens with zero attached hydrogens (tertiary/aromatic N) is 6. The number of benzene rings is 4. The Labute approximate surface area is 357 Å². The van der Waals surface area contributed by atoms with Crippen molar-refractivity contribution in [2.75, 3.05) is 39.3 Å². The van der Waals surface area contributed by atoms with Crippen molar-refractivity contribution in [1.29, 1.82) is 0 Å². The number of rotatable bonds is 6. The Morgan fingerprint density at radius 3 is 1.55 bits per heavy atom. The highest BCUT2D eigenvalue weighted by Crippen LogP contribution is 2.30. The number of amides is 4. The quantitative estimate of drug-likeness (QED) is 0.112. The minimum Gasteiger partial charge on any atom is -0.465 e. The Balaban J connectivity index is 1.00. The van der Waals surface area contributed by atoms with Crippen LogP contribution in [0.3, 0.4) is 0 Å². The van der Waals surface area contributed by atoms with Crippen LogP contribution in [0.2, 0.25) is 0 Å². The monoisotopic (exact) mass is 838 g/mol. The van der Waals surface area contributed by atoms with Gasteiger partial charge in [0.25, 0.3) is 0 Å². The topological polar surface area (TPSA) is 187 Å². The number of aromatic nitrogens is 4. The Hall–Kier alpha value is -7.54. The number of fused-ring (bicyclic) bond motifs is 2. The zero-order chi connectivity index (χ0) is 43.4. The second kappa shape index (κ2) is 17.6. The Morgan fingerprint density at radius 1 is 0.645 bits per heavy atom. The number of hydrogen-bond acceptors (Lipinski definition) is 9. The lowest BCUT2D eigenvalue weighted by Gasteiger charge is -2.40. The molecule has 0 bridgehead atoms. The summed E-state index contributed by atoms with van der Waals surface area (Å²) >= 11 is 0. The predicted molar refractivity (Wildman–Crippen MR) is 228 cm³/mol. The van der Waals surface area contributed by atoms with Gasteiger partial charge in [-0.1, -0.05) is 72.5 Å². The van der Waals surface area contributed by atoms with Gasteiger partial charge < -0.3 is 39.1 Å². The molecule has 8 rings (SSSR count). The molecule has 2 aliphatic heterocycles. The van der Waals surface area contributed by atoms with Crippen LogP contribution in [0, 0.1) is 11.8 Å². The van der Waals surface area contributed by atoms with E-state index in [0.717, 1.165) is 11.1 Å². The lowest BCUT2D eigenvalue weighted by molar-refractivity contribution is -0.000100. The molecule has 2 aliphatic rings. The van der Waals surface area contributed by atoms with E-state index in [4.69, 9.17) is 24.2 Å². The van der Waals surface area contributed by atoms with Crippen LogP contribution in [-0.2, 0) is 27.4 Å². The molecule has 2 atom stereocenters. The second-order valence-corrected chi connectivity index (χ2v) is 16.1. The van der Waals surface area contributed by atoms with E-state index in [1.165, 1.54) is 9.80 Å². The van der Waals surface area contributed by atoms with Gasteiger partial charge in [0.1, 0.15) is 42.5 Å².